The molecule has 1 aromatic heterocycles. The van der Waals surface area contributed by atoms with Crippen molar-refractivity contribution in [1.82, 2.24) is 15.8 Å². The molecule has 2 aromatic rings. The number of nitrogens with zero attached hydrogens (tertiary/aromatic N) is 1. The summed E-state index contributed by atoms with van der Waals surface area (Å²) in [6.45, 7) is 1.48. The Morgan fingerprint density at radius 2 is 1.84 bits per heavy atom. The minimum Gasteiger partial charge on any atom is -0.311 e. The highest BCUT2D eigenvalue weighted by Crippen LogP contribution is 2.33. The molecule has 1 aliphatic heterocycles. The summed E-state index contributed by atoms with van der Waals surface area (Å²) in [6, 6.07) is 9.26. The monoisotopic (exact) mass is 437 g/mol. The Labute approximate surface area is 186 Å². The lowest BCUT2D eigenvalue weighted by molar-refractivity contribution is -0.130. The first kappa shape index (κ1) is 21.3. The van der Waals surface area contributed by atoms with E-state index in [4.69, 9.17) is 0 Å². The first-order chi connectivity index (χ1) is 15.0. The van der Waals surface area contributed by atoms with Crippen LogP contribution in [0.25, 0.3) is 6.08 Å². The van der Waals surface area contributed by atoms with Gasteiger partial charge in [0.2, 0.25) is 11.8 Å². The molecule has 6 nitrogen and oxygen atoms in total. The number of carbonyl (C=O) groups is 3. The van der Waals surface area contributed by atoms with Crippen molar-refractivity contribution in [3.8, 4) is 0 Å². The highest BCUT2D eigenvalue weighted by atomic mass is 32.1. The third-order valence-corrected chi connectivity index (χ3v) is 7.12. The minimum atomic E-state index is -0.405. The quantitative estimate of drug-likeness (QED) is 0.709. The van der Waals surface area contributed by atoms with Gasteiger partial charge >= 0.3 is 0 Å². The number of amides is 3. The highest BCUT2D eigenvalue weighted by Gasteiger charge is 2.28. The van der Waals surface area contributed by atoms with Gasteiger partial charge in [-0.15, -0.1) is 11.3 Å². The highest BCUT2D eigenvalue weighted by molar-refractivity contribution is 7.14. The van der Waals surface area contributed by atoms with E-state index in [1.165, 1.54) is 41.5 Å². The molecule has 2 heterocycles. The molecule has 2 N–H and O–H groups in total. The Morgan fingerprint density at radius 1 is 1.06 bits per heavy atom. The average molecular weight is 438 g/mol. The maximum absolute atomic E-state index is 12.6. The molecule has 1 aromatic carbocycles. The molecule has 0 bridgehead atoms. The van der Waals surface area contributed by atoms with E-state index >= 15 is 0 Å². The van der Waals surface area contributed by atoms with Gasteiger partial charge in [-0.05, 0) is 54.5 Å². The molecule has 0 saturated carbocycles. The number of fused-ring (bicyclic) bond motifs is 2. The SMILES string of the molecule is CC(=O)N1C=Cc2ccccc2C1CC(=O)NNC(=O)c1cc2c(s1)CCCCCC2. The summed E-state index contributed by atoms with van der Waals surface area (Å²) in [5.74, 6) is -0.773. The number of hydrazine groups is 1. The molecule has 0 spiro atoms. The Bertz CT molecular complexity index is 1000. The molecular weight excluding hydrogens is 410 g/mol. The van der Waals surface area contributed by atoms with Gasteiger partial charge in [0.25, 0.3) is 5.91 Å². The summed E-state index contributed by atoms with van der Waals surface area (Å²) in [7, 11) is 0. The number of carbonyl (C=O) groups excluding carboxylic acids is 3. The largest absolute Gasteiger partial charge is 0.311 e. The van der Waals surface area contributed by atoms with Crippen molar-refractivity contribution in [1.29, 1.82) is 0 Å². The molecular formula is C24H27N3O3S. The molecule has 0 fully saturated rings. The predicted octanol–water partition coefficient (Wildman–Crippen LogP) is 4.13. The summed E-state index contributed by atoms with van der Waals surface area (Å²) in [5.41, 5.74) is 8.24. The van der Waals surface area contributed by atoms with E-state index in [-0.39, 0.29) is 24.1 Å². The molecule has 4 rings (SSSR count). The van der Waals surface area contributed by atoms with Crippen molar-refractivity contribution in [2.75, 3.05) is 0 Å². The second-order valence-corrected chi connectivity index (χ2v) is 9.20. The molecule has 7 heteroatoms. The number of nitrogens with one attached hydrogen (secondary N) is 2. The molecule has 1 aliphatic carbocycles. The van der Waals surface area contributed by atoms with Crippen molar-refractivity contribution in [3.63, 3.8) is 0 Å². The van der Waals surface area contributed by atoms with Crippen molar-refractivity contribution in [2.45, 2.75) is 57.9 Å². The fourth-order valence-electron chi connectivity index (χ4n) is 4.28. The van der Waals surface area contributed by atoms with E-state index in [1.807, 2.05) is 36.4 Å². The van der Waals surface area contributed by atoms with Crippen LogP contribution in [0.2, 0.25) is 0 Å². The fraction of sp³-hybridized carbons (Fsp3) is 0.375. The molecule has 162 valence electrons. The first-order valence-corrected chi connectivity index (χ1v) is 11.6. The topological polar surface area (TPSA) is 78.5 Å². The van der Waals surface area contributed by atoms with Gasteiger partial charge in [-0.25, -0.2) is 0 Å². The Hall–Kier alpha value is -2.93. The molecule has 3 amide bonds. The van der Waals surface area contributed by atoms with E-state index < -0.39 is 6.04 Å². The van der Waals surface area contributed by atoms with Crippen LogP contribution in [-0.2, 0) is 22.4 Å². The predicted molar refractivity (Wildman–Crippen MR) is 121 cm³/mol. The zero-order chi connectivity index (χ0) is 21.8. The van der Waals surface area contributed by atoms with Crippen LogP contribution >= 0.6 is 11.3 Å². The van der Waals surface area contributed by atoms with Gasteiger partial charge in [0.05, 0.1) is 17.3 Å². The molecule has 31 heavy (non-hydrogen) atoms. The van der Waals surface area contributed by atoms with E-state index in [0.29, 0.717) is 4.88 Å². The first-order valence-electron chi connectivity index (χ1n) is 10.8. The third kappa shape index (κ3) is 4.88. The van der Waals surface area contributed by atoms with Gasteiger partial charge < -0.3 is 4.90 Å². The Balaban J connectivity index is 1.39. The number of aryl methyl sites for hydroxylation is 2. The van der Waals surface area contributed by atoms with Gasteiger partial charge in [0, 0.05) is 18.0 Å². The number of rotatable bonds is 3. The molecule has 2 aliphatic rings. The van der Waals surface area contributed by atoms with Crippen LogP contribution < -0.4 is 10.9 Å². The van der Waals surface area contributed by atoms with Gasteiger partial charge in [0.1, 0.15) is 0 Å². The van der Waals surface area contributed by atoms with Crippen LogP contribution in [0.3, 0.4) is 0 Å². The van der Waals surface area contributed by atoms with Crippen LogP contribution in [0.15, 0.2) is 36.5 Å². The van der Waals surface area contributed by atoms with E-state index in [9.17, 15) is 14.4 Å². The van der Waals surface area contributed by atoms with Crippen molar-refractivity contribution < 1.29 is 14.4 Å². The van der Waals surface area contributed by atoms with E-state index in [1.54, 1.807) is 11.1 Å². The molecule has 1 unspecified atom stereocenters. The Kier molecular flexibility index (Phi) is 6.51. The van der Waals surface area contributed by atoms with Crippen molar-refractivity contribution in [2.24, 2.45) is 0 Å². The van der Waals surface area contributed by atoms with Crippen LogP contribution in [0.5, 0.6) is 0 Å². The maximum atomic E-state index is 12.6. The summed E-state index contributed by atoms with van der Waals surface area (Å²) in [6.07, 6.45) is 10.5. The lowest BCUT2D eigenvalue weighted by atomic mass is 9.93. The van der Waals surface area contributed by atoms with Gasteiger partial charge in [-0.2, -0.15) is 0 Å². The van der Waals surface area contributed by atoms with Gasteiger partial charge in [0.15, 0.2) is 0 Å². The fourth-order valence-corrected chi connectivity index (χ4v) is 5.43. The number of thiophene rings is 1. The summed E-state index contributed by atoms with van der Waals surface area (Å²) >= 11 is 1.52. The average Bonchev–Trinajstić information content (AvgIpc) is 3.14. The number of benzene rings is 1. The number of hydrogen-bond acceptors (Lipinski definition) is 4. The zero-order valence-corrected chi connectivity index (χ0v) is 18.5. The molecule has 1 atom stereocenters. The zero-order valence-electron chi connectivity index (χ0n) is 17.6. The van der Waals surface area contributed by atoms with E-state index in [2.05, 4.69) is 10.9 Å². The van der Waals surface area contributed by atoms with Crippen molar-refractivity contribution in [3.05, 3.63) is 63.0 Å². The molecule has 0 radical (unpaired) electrons. The smallest absolute Gasteiger partial charge is 0.279 e. The van der Waals surface area contributed by atoms with Crippen LogP contribution in [0.4, 0.5) is 0 Å². The molecule has 0 saturated heterocycles. The summed E-state index contributed by atoms with van der Waals surface area (Å²) in [5, 5.41) is 0. The lowest BCUT2D eigenvalue weighted by Gasteiger charge is -2.32. The lowest BCUT2D eigenvalue weighted by Crippen LogP contribution is -2.43. The van der Waals surface area contributed by atoms with Crippen LogP contribution in [-0.4, -0.2) is 22.6 Å². The standard InChI is InChI=1S/C24H27N3O3S/c1-16(28)27-13-12-17-8-6-7-10-19(17)20(27)15-23(29)25-26-24(30)22-14-18-9-4-2-3-5-11-21(18)31-22/h6-8,10,12-14,20H,2-5,9,11,15H2,1H3,(H,25,29)(H,26,30). The van der Waals surface area contributed by atoms with Crippen molar-refractivity contribution >= 4 is 35.1 Å². The normalized spacial score (nSPS) is 17.7. The summed E-state index contributed by atoms with van der Waals surface area (Å²) in [4.78, 5) is 40.8. The second-order valence-electron chi connectivity index (χ2n) is 8.07. The third-order valence-electron chi connectivity index (χ3n) is 5.88. The van der Waals surface area contributed by atoms with E-state index in [0.717, 1.165) is 36.8 Å². The Morgan fingerprint density at radius 3 is 2.65 bits per heavy atom. The maximum Gasteiger partial charge on any atom is 0.279 e. The number of hydrogen-bond donors (Lipinski definition) is 2. The van der Waals surface area contributed by atoms with Gasteiger partial charge in [-0.3, -0.25) is 25.2 Å². The van der Waals surface area contributed by atoms with Gasteiger partial charge in [-0.1, -0.05) is 37.1 Å². The van der Waals surface area contributed by atoms with Crippen LogP contribution in [0, 0.1) is 0 Å². The minimum absolute atomic E-state index is 0.0577. The second kappa shape index (κ2) is 9.47. The summed E-state index contributed by atoms with van der Waals surface area (Å²) < 4.78 is 0. The van der Waals surface area contributed by atoms with Crippen LogP contribution in [0.1, 0.15) is 76.3 Å².